The number of aliphatic hydroxyl groups is 1. The first-order valence-corrected chi connectivity index (χ1v) is 15.4. The molecule has 5 atom stereocenters. The molecule has 0 spiro atoms. The summed E-state index contributed by atoms with van der Waals surface area (Å²) >= 11 is 0. The number of phenols is 12. The number of hydrogen-bond acceptors (Lipinski definition) is 22. The van der Waals surface area contributed by atoms with Gasteiger partial charge in [-0.3, -0.25) is 0 Å². The lowest BCUT2D eigenvalue weighted by Crippen LogP contribution is -2.62. The minimum Gasteiger partial charge on any atom is -0.504 e. The quantitative estimate of drug-likeness (QED) is 0.0630. The highest BCUT2D eigenvalue weighted by Gasteiger charge is 2.53. The van der Waals surface area contributed by atoms with Crippen molar-refractivity contribution < 1.29 is 109 Å². The Balaban J connectivity index is 1.57. The molecule has 5 rings (SSSR count). The number of benzene rings is 4. The summed E-state index contributed by atoms with van der Waals surface area (Å²) in [6.45, 7) is -1.09. The Hall–Kier alpha value is -7.72. The highest BCUT2D eigenvalue weighted by Crippen LogP contribution is 2.40. The molecule has 0 bridgehead atoms. The molecule has 0 aliphatic carbocycles. The van der Waals surface area contributed by atoms with Gasteiger partial charge in [-0.25, -0.2) is 19.2 Å². The van der Waals surface area contributed by atoms with Gasteiger partial charge >= 0.3 is 23.9 Å². The highest BCUT2D eigenvalue weighted by atomic mass is 16.7. The van der Waals surface area contributed by atoms with E-state index in [-0.39, 0.29) is 0 Å². The summed E-state index contributed by atoms with van der Waals surface area (Å²) < 4.78 is 26.8. The fraction of sp³-hybridized carbons (Fsp3) is 0.176. The van der Waals surface area contributed by atoms with Crippen molar-refractivity contribution in [3.63, 3.8) is 0 Å². The van der Waals surface area contributed by atoms with E-state index in [9.17, 15) is 85.6 Å². The van der Waals surface area contributed by atoms with Gasteiger partial charge in [0.1, 0.15) is 12.7 Å². The van der Waals surface area contributed by atoms with E-state index in [1.807, 2.05) is 0 Å². The van der Waals surface area contributed by atoms with E-state index >= 15 is 0 Å². The monoisotopic (exact) mass is 788 g/mol. The van der Waals surface area contributed by atoms with Crippen molar-refractivity contribution in [3.8, 4) is 69.0 Å². The van der Waals surface area contributed by atoms with Crippen molar-refractivity contribution in [2.45, 2.75) is 30.7 Å². The molecule has 13 N–H and O–H groups in total. The van der Waals surface area contributed by atoms with Crippen molar-refractivity contribution in [2.24, 2.45) is 0 Å². The van der Waals surface area contributed by atoms with Crippen LogP contribution >= 0.6 is 0 Å². The second-order valence-corrected chi connectivity index (χ2v) is 11.7. The van der Waals surface area contributed by atoms with Gasteiger partial charge in [0, 0.05) is 0 Å². The fourth-order valence-electron chi connectivity index (χ4n) is 5.14. The van der Waals surface area contributed by atoms with Crippen LogP contribution in [0.5, 0.6) is 69.0 Å². The van der Waals surface area contributed by atoms with Crippen molar-refractivity contribution in [2.75, 3.05) is 6.61 Å². The largest absolute Gasteiger partial charge is 0.504 e. The Kier molecular flexibility index (Phi) is 10.8. The second-order valence-electron chi connectivity index (χ2n) is 11.7. The summed E-state index contributed by atoms with van der Waals surface area (Å²) in [7, 11) is 0. The number of ether oxygens (including phenoxy) is 5. The van der Waals surface area contributed by atoms with E-state index in [1.54, 1.807) is 0 Å². The molecule has 0 radical (unpaired) electrons. The molecule has 1 aliphatic heterocycles. The summed E-state index contributed by atoms with van der Waals surface area (Å²) in [4.78, 5) is 53.1. The van der Waals surface area contributed by atoms with Crippen LogP contribution < -0.4 is 0 Å². The molecule has 0 unspecified atom stereocenters. The third-order valence-electron chi connectivity index (χ3n) is 7.94. The molecule has 1 heterocycles. The number of aliphatic hydroxyl groups excluding tert-OH is 1. The zero-order chi connectivity index (χ0) is 41.3. The maximum absolute atomic E-state index is 13.5. The van der Waals surface area contributed by atoms with Gasteiger partial charge < -0.3 is 90.1 Å². The number of carbonyl (C=O) groups excluding carboxylic acids is 4. The van der Waals surface area contributed by atoms with Crippen molar-refractivity contribution in [3.05, 3.63) is 70.8 Å². The molecule has 296 valence electrons. The zero-order valence-corrected chi connectivity index (χ0v) is 27.7. The topological polar surface area (TPSA) is 377 Å². The average molecular weight is 789 g/mol. The molecule has 56 heavy (non-hydrogen) atoms. The SMILES string of the molecule is O=C(OC[C@@H]1O[C@@H](O)[C@H](OC(=O)c2cc(O)c(O)c(O)c2)[C@@H](OC(=O)c2cc(O)c(O)c(O)c2)[C@@H]1OC(=O)c1cc(O)c(O)c(O)c1)c1cc(O)c(O)c(O)c1. The predicted molar refractivity (Wildman–Crippen MR) is 175 cm³/mol. The van der Waals surface area contributed by atoms with E-state index in [1.165, 1.54) is 0 Å². The van der Waals surface area contributed by atoms with Crippen molar-refractivity contribution in [1.29, 1.82) is 0 Å². The van der Waals surface area contributed by atoms with Gasteiger partial charge in [0.05, 0.1) is 22.3 Å². The molecule has 22 heteroatoms. The Labute approximate surface area is 310 Å². The number of carbonyl (C=O) groups is 4. The summed E-state index contributed by atoms with van der Waals surface area (Å²) in [5.41, 5.74) is -2.68. The van der Waals surface area contributed by atoms with E-state index in [4.69, 9.17) is 23.7 Å². The smallest absolute Gasteiger partial charge is 0.339 e. The van der Waals surface area contributed by atoms with Crippen LogP contribution in [0.3, 0.4) is 0 Å². The summed E-state index contributed by atoms with van der Waals surface area (Å²) in [5, 5.41) is 129. The van der Waals surface area contributed by atoms with Gasteiger partial charge in [0.15, 0.2) is 93.6 Å². The van der Waals surface area contributed by atoms with Gasteiger partial charge in [0.2, 0.25) is 0 Å². The van der Waals surface area contributed by atoms with Crippen LogP contribution in [-0.2, 0) is 23.7 Å². The first-order chi connectivity index (χ1) is 26.3. The van der Waals surface area contributed by atoms with Crippen LogP contribution in [-0.4, -0.2) is 128 Å². The molecule has 4 aromatic rings. The van der Waals surface area contributed by atoms with Crippen LogP contribution in [0.4, 0.5) is 0 Å². The van der Waals surface area contributed by atoms with Crippen LogP contribution in [0.15, 0.2) is 48.5 Å². The fourth-order valence-corrected chi connectivity index (χ4v) is 5.14. The lowest BCUT2D eigenvalue weighted by Gasteiger charge is -2.42. The molecule has 1 fully saturated rings. The Morgan fingerprint density at radius 3 is 1.02 bits per heavy atom. The van der Waals surface area contributed by atoms with E-state index in [0.29, 0.717) is 48.5 Å². The van der Waals surface area contributed by atoms with Crippen LogP contribution in [0.2, 0.25) is 0 Å². The number of hydrogen-bond donors (Lipinski definition) is 13. The Morgan fingerprint density at radius 2 is 0.696 bits per heavy atom. The molecule has 0 saturated carbocycles. The van der Waals surface area contributed by atoms with Crippen LogP contribution in [0.1, 0.15) is 41.4 Å². The van der Waals surface area contributed by atoms with Gasteiger partial charge in [-0.1, -0.05) is 0 Å². The highest BCUT2D eigenvalue weighted by molar-refractivity contribution is 5.93. The molecule has 1 aliphatic rings. The van der Waals surface area contributed by atoms with E-state index < -0.39 is 152 Å². The van der Waals surface area contributed by atoms with Gasteiger partial charge in [0.25, 0.3) is 0 Å². The molecule has 0 aromatic heterocycles. The first-order valence-electron chi connectivity index (χ1n) is 15.4. The number of rotatable bonds is 9. The van der Waals surface area contributed by atoms with E-state index in [2.05, 4.69) is 0 Å². The maximum atomic E-state index is 13.5. The number of esters is 4. The molecule has 22 nitrogen and oxygen atoms in total. The molecule has 1 saturated heterocycles. The molecule has 0 amide bonds. The van der Waals surface area contributed by atoms with Gasteiger partial charge in [-0.05, 0) is 48.5 Å². The zero-order valence-electron chi connectivity index (χ0n) is 27.7. The van der Waals surface area contributed by atoms with Gasteiger partial charge in [-0.15, -0.1) is 0 Å². The number of aromatic hydroxyl groups is 12. The molecular weight excluding hydrogens is 760 g/mol. The van der Waals surface area contributed by atoms with Gasteiger partial charge in [-0.2, -0.15) is 0 Å². The third kappa shape index (κ3) is 7.95. The third-order valence-corrected chi connectivity index (χ3v) is 7.94. The normalized spacial score (nSPS) is 19.1. The van der Waals surface area contributed by atoms with Crippen molar-refractivity contribution in [1.82, 2.24) is 0 Å². The van der Waals surface area contributed by atoms with Crippen LogP contribution in [0, 0.1) is 0 Å². The lowest BCUT2D eigenvalue weighted by molar-refractivity contribution is -0.284. The average Bonchev–Trinajstić information content (AvgIpc) is 3.14. The summed E-state index contributed by atoms with van der Waals surface area (Å²) in [6.07, 6.45) is -11.2. The first kappa shape index (κ1) is 39.5. The van der Waals surface area contributed by atoms with Crippen LogP contribution in [0.25, 0.3) is 0 Å². The second kappa shape index (κ2) is 15.3. The standard InChI is InChI=1S/C34H28O22/c35-14-1-10(2-15(36)23(14)43)30(47)52-9-22-27(54-31(48)11-3-16(37)24(44)17(38)4-11)28(55-32(49)12-5-18(39)25(45)19(40)6-12)29(34(51)53-22)56-33(50)13-7-20(41)26(46)21(42)8-13/h1-8,22,27-29,34-46,51H,9H2/t22-,27+,28-,29+,34+/m0/s1. The lowest BCUT2D eigenvalue weighted by atomic mass is 9.97. The maximum Gasteiger partial charge on any atom is 0.339 e. The molecular formula is C34H28O22. The minimum absolute atomic E-state index is 0.570. The number of phenolic OH excluding ortho intramolecular Hbond substituents is 12. The van der Waals surface area contributed by atoms with E-state index in [0.717, 1.165) is 0 Å². The Bertz CT molecular complexity index is 2140. The summed E-state index contributed by atoms with van der Waals surface area (Å²) in [5.74, 6) is -18.2. The predicted octanol–water partition coefficient (Wildman–Crippen LogP) is 0.705. The Morgan fingerprint density at radius 1 is 0.429 bits per heavy atom. The summed E-state index contributed by atoms with van der Waals surface area (Å²) in [6, 6.07) is 4.99. The molecule has 4 aromatic carbocycles. The minimum atomic E-state index is -2.43. The van der Waals surface area contributed by atoms with Crippen molar-refractivity contribution >= 4 is 23.9 Å².